The molecule has 0 fully saturated rings. The van der Waals surface area contributed by atoms with E-state index in [9.17, 15) is 9.59 Å². The molecule has 1 amide bonds. The zero-order valence-electron chi connectivity index (χ0n) is 17.9. The van der Waals surface area contributed by atoms with Crippen molar-refractivity contribution in [2.75, 3.05) is 32.1 Å². The quantitative estimate of drug-likeness (QED) is 0.549. The van der Waals surface area contributed by atoms with E-state index >= 15 is 0 Å². The average Bonchev–Trinajstić information content (AvgIpc) is 3.44. The molecule has 1 atom stereocenters. The largest absolute Gasteiger partial charge is 0.383 e. The van der Waals surface area contributed by atoms with Crippen LogP contribution in [0.2, 0.25) is 0 Å². The van der Waals surface area contributed by atoms with Crippen LogP contribution in [-0.4, -0.2) is 54.5 Å². The Morgan fingerprint density at radius 3 is 2.72 bits per heavy atom. The molecule has 32 heavy (non-hydrogen) atoms. The fourth-order valence-electron chi connectivity index (χ4n) is 3.49. The van der Waals surface area contributed by atoms with Crippen LogP contribution in [0.5, 0.6) is 0 Å². The number of carbonyl (C=O) groups is 2. The smallest absolute Gasteiger partial charge is 0.251 e. The Balaban J connectivity index is 1.48. The van der Waals surface area contributed by atoms with E-state index in [1.807, 2.05) is 49.4 Å². The molecule has 8 nitrogen and oxygen atoms in total. The minimum atomic E-state index is -0.102. The first-order valence-electron chi connectivity index (χ1n) is 10.3. The van der Waals surface area contributed by atoms with Crippen LogP contribution < -0.4 is 5.32 Å². The number of rotatable bonds is 8. The maximum atomic E-state index is 12.8. The molecule has 1 N–H and O–H groups in total. The highest BCUT2D eigenvalue weighted by Crippen LogP contribution is 2.27. The highest BCUT2D eigenvalue weighted by molar-refractivity contribution is 6.09. The fraction of sp³-hybridized carbons (Fsp3) is 0.250. The number of amides is 1. The lowest BCUT2D eigenvalue weighted by Crippen LogP contribution is -2.39. The summed E-state index contributed by atoms with van der Waals surface area (Å²) in [5, 5.41) is 7.19. The molecule has 4 rings (SSSR count). The van der Waals surface area contributed by atoms with Crippen molar-refractivity contribution >= 4 is 23.5 Å². The molecule has 1 aliphatic heterocycles. The number of nitrogens with one attached hydrogen (secondary N) is 1. The number of methoxy groups -OCH3 is 1. The van der Waals surface area contributed by atoms with E-state index in [0.717, 1.165) is 5.56 Å². The number of ketones is 1. The minimum Gasteiger partial charge on any atom is -0.383 e. The van der Waals surface area contributed by atoms with Crippen molar-refractivity contribution in [1.29, 1.82) is 0 Å². The number of aromatic nitrogens is 1. The number of guanidine groups is 1. The van der Waals surface area contributed by atoms with Gasteiger partial charge in [-0.25, -0.2) is 4.99 Å². The lowest BCUT2D eigenvalue weighted by atomic mass is 9.94. The second kappa shape index (κ2) is 9.57. The molecule has 2 heterocycles. The van der Waals surface area contributed by atoms with E-state index in [-0.39, 0.29) is 24.2 Å². The van der Waals surface area contributed by atoms with Crippen LogP contribution in [0.3, 0.4) is 0 Å². The first kappa shape index (κ1) is 21.5. The highest BCUT2D eigenvalue weighted by Gasteiger charge is 2.26. The molecule has 0 spiro atoms. The molecule has 0 radical (unpaired) electrons. The van der Waals surface area contributed by atoms with Gasteiger partial charge in [-0.2, -0.15) is 0 Å². The molecular weight excluding hydrogens is 408 g/mol. The standard InChI is InChI=1S/C24H24N4O4/c1-16(18-9-6-10-19(13-18)23(30)17-7-4-3-5-8-17)20-14-21(32-27-20)26-24-25-15-22(29)28(24)11-12-31-2/h3-10,13-14,16H,11-12,15H2,1-2H3,(H,25,26). The van der Waals surface area contributed by atoms with Crippen LogP contribution in [0.25, 0.3) is 0 Å². The monoisotopic (exact) mass is 432 g/mol. The Kier molecular flexibility index (Phi) is 6.42. The van der Waals surface area contributed by atoms with Gasteiger partial charge in [-0.1, -0.05) is 60.6 Å². The number of carbonyl (C=O) groups excluding carboxylic acids is 2. The zero-order chi connectivity index (χ0) is 22.5. The lowest BCUT2D eigenvalue weighted by Gasteiger charge is -2.17. The lowest BCUT2D eigenvalue weighted by molar-refractivity contribution is -0.125. The summed E-state index contributed by atoms with van der Waals surface area (Å²) in [6, 6.07) is 18.5. The van der Waals surface area contributed by atoms with Crippen molar-refractivity contribution in [1.82, 2.24) is 10.1 Å². The summed E-state index contributed by atoms with van der Waals surface area (Å²) in [7, 11) is 1.58. The first-order valence-corrected chi connectivity index (χ1v) is 10.3. The minimum absolute atomic E-state index is 0.0257. The van der Waals surface area contributed by atoms with Gasteiger partial charge in [-0.15, -0.1) is 0 Å². The third-order valence-corrected chi connectivity index (χ3v) is 5.33. The van der Waals surface area contributed by atoms with E-state index in [4.69, 9.17) is 9.26 Å². The summed E-state index contributed by atoms with van der Waals surface area (Å²) in [4.78, 5) is 30.5. The number of benzene rings is 2. The van der Waals surface area contributed by atoms with Crippen molar-refractivity contribution in [2.24, 2.45) is 4.99 Å². The summed E-state index contributed by atoms with van der Waals surface area (Å²) < 4.78 is 10.5. The predicted molar refractivity (Wildman–Crippen MR) is 120 cm³/mol. The van der Waals surface area contributed by atoms with E-state index in [0.29, 0.717) is 41.8 Å². The molecule has 8 heteroatoms. The maximum absolute atomic E-state index is 12.8. The molecule has 0 bridgehead atoms. The maximum Gasteiger partial charge on any atom is 0.251 e. The number of aliphatic imine (C=N–C) groups is 1. The number of ether oxygens (including phenoxy) is 1. The van der Waals surface area contributed by atoms with Gasteiger partial charge in [-0.05, 0) is 11.6 Å². The second-order valence-corrected chi connectivity index (χ2v) is 7.46. The Bertz CT molecular complexity index is 1140. The Morgan fingerprint density at radius 1 is 1.16 bits per heavy atom. The first-order chi connectivity index (χ1) is 15.6. The summed E-state index contributed by atoms with van der Waals surface area (Å²) in [6.07, 6.45) is 0. The van der Waals surface area contributed by atoms with Crippen LogP contribution in [0.15, 0.2) is 70.2 Å². The van der Waals surface area contributed by atoms with Crippen molar-refractivity contribution < 1.29 is 18.8 Å². The summed E-state index contributed by atoms with van der Waals surface area (Å²) in [5.74, 6) is 0.575. The van der Waals surface area contributed by atoms with Gasteiger partial charge >= 0.3 is 0 Å². The highest BCUT2D eigenvalue weighted by atomic mass is 16.5. The number of nitrogens with zero attached hydrogens (tertiary/aromatic N) is 3. The third-order valence-electron chi connectivity index (χ3n) is 5.33. The van der Waals surface area contributed by atoms with Crippen LogP contribution >= 0.6 is 0 Å². The SMILES string of the molecule is COCCN1C(=O)CN=C1Nc1cc(C(C)c2cccc(C(=O)c3ccccc3)c2)no1. The van der Waals surface area contributed by atoms with Gasteiger partial charge in [0.15, 0.2) is 5.78 Å². The average molecular weight is 432 g/mol. The zero-order valence-corrected chi connectivity index (χ0v) is 17.9. The Morgan fingerprint density at radius 2 is 1.94 bits per heavy atom. The van der Waals surface area contributed by atoms with Crippen molar-refractivity contribution in [3.63, 3.8) is 0 Å². The topological polar surface area (TPSA) is 97.0 Å². The number of anilines is 1. The van der Waals surface area contributed by atoms with E-state index in [1.54, 1.807) is 25.3 Å². The van der Waals surface area contributed by atoms with Crippen molar-refractivity contribution in [3.8, 4) is 0 Å². The second-order valence-electron chi connectivity index (χ2n) is 7.46. The number of hydrogen-bond donors (Lipinski definition) is 1. The van der Waals surface area contributed by atoms with Gasteiger partial charge in [0.05, 0.1) is 18.8 Å². The van der Waals surface area contributed by atoms with Gasteiger partial charge < -0.3 is 9.26 Å². The van der Waals surface area contributed by atoms with Gasteiger partial charge in [-0.3, -0.25) is 19.8 Å². The molecule has 3 aromatic rings. The summed E-state index contributed by atoms with van der Waals surface area (Å²) in [6.45, 7) is 2.89. The van der Waals surface area contributed by atoms with Crippen LogP contribution in [-0.2, 0) is 9.53 Å². The van der Waals surface area contributed by atoms with Gasteiger partial charge in [0.25, 0.3) is 5.91 Å². The number of hydrogen-bond acceptors (Lipinski definition) is 7. The molecule has 0 aliphatic carbocycles. The normalized spacial score (nSPS) is 14.4. The van der Waals surface area contributed by atoms with Gasteiger partial charge in [0.2, 0.25) is 11.8 Å². The molecule has 2 aromatic carbocycles. The molecular formula is C24H24N4O4. The molecule has 0 saturated carbocycles. The molecule has 1 aromatic heterocycles. The van der Waals surface area contributed by atoms with Crippen LogP contribution in [0.4, 0.5) is 5.88 Å². The summed E-state index contributed by atoms with van der Waals surface area (Å²) >= 11 is 0. The Hall–Kier alpha value is -3.78. The third kappa shape index (κ3) is 4.60. The van der Waals surface area contributed by atoms with Crippen molar-refractivity contribution in [3.05, 3.63) is 83.0 Å². The van der Waals surface area contributed by atoms with E-state index < -0.39 is 0 Å². The van der Waals surface area contributed by atoms with Crippen LogP contribution in [0, 0.1) is 0 Å². The van der Waals surface area contributed by atoms with Crippen LogP contribution in [0.1, 0.15) is 40.0 Å². The molecule has 0 saturated heterocycles. The molecule has 1 aliphatic rings. The molecule has 1 unspecified atom stereocenters. The van der Waals surface area contributed by atoms with Crippen molar-refractivity contribution in [2.45, 2.75) is 12.8 Å². The fourth-order valence-corrected chi connectivity index (χ4v) is 3.49. The Labute approximate surface area is 185 Å². The predicted octanol–water partition coefficient (Wildman–Crippen LogP) is 3.31. The molecule has 164 valence electrons. The van der Waals surface area contributed by atoms with E-state index in [2.05, 4.69) is 15.5 Å². The van der Waals surface area contributed by atoms with Gasteiger partial charge in [0.1, 0.15) is 6.54 Å². The van der Waals surface area contributed by atoms with Gasteiger partial charge in [0, 0.05) is 30.2 Å². The summed E-state index contributed by atoms with van der Waals surface area (Å²) in [5.41, 5.74) is 2.91. The van der Waals surface area contributed by atoms with E-state index in [1.165, 1.54) is 4.90 Å².